The molecule has 0 aliphatic carbocycles. The summed E-state index contributed by atoms with van der Waals surface area (Å²) >= 11 is 0. The van der Waals surface area contributed by atoms with Crippen molar-refractivity contribution in [2.24, 2.45) is 5.73 Å². The van der Waals surface area contributed by atoms with E-state index >= 15 is 0 Å². The Hall–Kier alpha value is -1.20. The number of rotatable bonds is 5. The lowest BCUT2D eigenvalue weighted by Gasteiger charge is -2.34. The summed E-state index contributed by atoms with van der Waals surface area (Å²) in [6.07, 6.45) is 2.13. The van der Waals surface area contributed by atoms with Gasteiger partial charge in [-0.15, -0.1) is 5.10 Å². The van der Waals surface area contributed by atoms with Crippen molar-refractivity contribution < 1.29 is 0 Å². The molecular weight excluding hydrogens is 226 g/mol. The Balaban J connectivity index is 1.89. The Morgan fingerprint density at radius 1 is 1.17 bits per heavy atom. The van der Waals surface area contributed by atoms with Crippen LogP contribution in [0.1, 0.15) is 19.0 Å². The van der Waals surface area contributed by atoms with Crippen LogP contribution in [0.2, 0.25) is 0 Å². The number of nitrogens with zero attached hydrogens (tertiary/aromatic N) is 4. The van der Waals surface area contributed by atoms with Crippen LogP contribution in [0.5, 0.6) is 0 Å². The molecule has 2 N–H and O–H groups in total. The number of hydrogen-bond donors (Lipinski definition) is 1. The first-order chi connectivity index (χ1) is 8.83. The maximum atomic E-state index is 5.57. The molecule has 5 nitrogen and oxygen atoms in total. The number of aromatic nitrogens is 2. The number of piperazine rings is 1. The predicted molar refractivity (Wildman–Crippen MR) is 73.7 cm³/mol. The molecule has 0 unspecified atom stereocenters. The van der Waals surface area contributed by atoms with Crippen LogP contribution in [-0.4, -0.2) is 54.4 Å². The molecule has 100 valence electrons. The molecule has 1 aromatic rings. The van der Waals surface area contributed by atoms with Gasteiger partial charge in [0.1, 0.15) is 0 Å². The average Bonchev–Trinajstić information content (AvgIpc) is 2.41. The molecule has 18 heavy (non-hydrogen) atoms. The smallest absolute Gasteiger partial charge is 0.151 e. The summed E-state index contributed by atoms with van der Waals surface area (Å²) in [5, 5.41) is 8.60. The third-order valence-electron chi connectivity index (χ3n) is 3.35. The highest BCUT2D eigenvalue weighted by molar-refractivity contribution is 5.37. The van der Waals surface area contributed by atoms with Gasteiger partial charge in [0.25, 0.3) is 0 Å². The molecule has 1 saturated heterocycles. The normalized spacial score (nSPS) is 17.1. The molecule has 1 fully saturated rings. The van der Waals surface area contributed by atoms with Crippen molar-refractivity contribution in [1.29, 1.82) is 0 Å². The predicted octanol–water partition coefficient (Wildman–Crippen LogP) is 0.510. The van der Waals surface area contributed by atoms with Crippen molar-refractivity contribution in [3.8, 4) is 0 Å². The van der Waals surface area contributed by atoms with Crippen molar-refractivity contribution in [2.45, 2.75) is 19.8 Å². The van der Waals surface area contributed by atoms with E-state index in [0.717, 1.165) is 63.6 Å². The fourth-order valence-corrected chi connectivity index (χ4v) is 2.29. The molecule has 0 spiro atoms. The summed E-state index contributed by atoms with van der Waals surface area (Å²) in [5.41, 5.74) is 6.66. The molecule has 5 heteroatoms. The van der Waals surface area contributed by atoms with Gasteiger partial charge in [-0.1, -0.05) is 13.3 Å². The SMILES string of the molecule is CCCc1ccc(N2CCN(CCN)CC2)nn1. The lowest BCUT2D eigenvalue weighted by molar-refractivity contribution is 0.264. The van der Waals surface area contributed by atoms with Gasteiger partial charge in [-0.05, 0) is 18.6 Å². The fourth-order valence-electron chi connectivity index (χ4n) is 2.29. The van der Waals surface area contributed by atoms with E-state index in [-0.39, 0.29) is 0 Å². The van der Waals surface area contributed by atoms with Crippen LogP contribution < -0.4 is 10.6 Å². The topological polar surface area (TPSA) is 58.3 Å². The number of aryl methyl sites for hydroxylation is 1. The van der Waals surface area contributed by atoms with E-state index in [1.807, 2.05) is 0 Å². The van der Waals surface area contributed by atoms with E-state index in [4.69, 9.17) is 5.73 Å². The minimum Gasteiger partial charge on any atom is -0.353 e. The maximum absolute atomic E-state index is 5.57. The number of anilines is 1. The molecule has 2 heterocycles. The van der Waals surface area contributed by atoms with Crippen molar-refractivity contribution in [2.75, 3.05) is 44.2 Å². The Morgan fingerprint density at radius 2 is 1.94 bits per heavy atom. The highest BCUT2D eigenvalue weighted by Crippen LogP contribution is 2.13. The van der Waals surface area contributed by atoms with Crippen LogP contribution in [0.4, 0.5) is 5.82 Å². The summed E-state index contributed by atoms with van der Waals surface area (Å²) < 4.78 is 0. The van der Waals surface area contributed by atoms with E-state index in [9.17, 15) is 0 Å². The molecular formula is C13H23N5. The Labute approximate surface area is 109 Å². The standard InChI is InChI=1S/C13H23N5/c1-2-3-12-4-5-13(16-15-12)18-10-8-17(7-6-14)9-11-18/h4-5H,2-3,6-11,14H2,1H3. The summed E-state index contributed by atoms with van der Waals surface area (Å²) in [6.45, 7) is 8.06. The number of hydrogen-bond acceptors (Lipinski definition) is 5. The summed E-state index contributed by atoms with van der Waals surface area (Å²) in [4.78, 5) is 4.70. The average molecular weight is 249 g/mol. The molecule has 0 amide bonds. The Kier molecular flexibility index (Phi) is 4.90. The van der Waals surface area contributed by atoms with Crippen LogP contribution in [0.25, 0.3) is 0 Å². The van der Waals surface area contributed by atoms with Gasteiger partial charge in [-0.25, -0.2) is 0 Å². The summed E-state index contributed by atoms with van der Waals surface area (Å²) in [7, 11) is 0. The molecule has 0 bridgehead atoms. The van der Waals surface area contributed by atoms with Gasteiger partial charge in [-0.3, -0.25) is 4.90 Å². The van der Waals surface area contributed by atoms with Crippen molar-refractivity contribution >= 4 is 5.82 Å². The van der Waals surface area contributed by atoms with E-state index in [1.54, 1.807) is 0 Å². The first kappa shape index (κ1) is 13.2. The van der Waals surface area contributed by atoms with Gasteiger partial charge in [0.2, 0.25) is 0 Å². The Morgan fingerprint density at radius 3 is 2.50 bits per heavy atom. The molecule has 0 aromatic carbocycles. The minimum atomic E-state index is 0.742. The molecule has 0 radical (unpaired) electrons. The second-order valence-electron chi connectivity index (χ2n) is 4.75. The van der Waals surface area contributed by atoms with E-state index in [1.165, 1.54) is 0 Å². The van der Waals surface area contributed by atoms with Gasteiger partial charge >= 0.3 is 0 Å². The third-order valence-corrected chi connectivity index (χ3v) is 3.35. The van der Waals surface area contributed by atoms with Gasteiger partial charge < -0.3 is 10.6 Å². The van der Waals surface area contributed by atoms with Gasteiger partial charge in [-0.2, -0.15) is 5.10 Å². The molecule has 1 aromatic heterocycles. The zero-order chi connectivity index (χ0) is 12.8. The summed E-state index contributed by atoms with van der Waals surface area (Å²) in [6, 6.07) is 4.19. The van der Waals surface area contributed by atoms with Gasteiger partial charge in [0, 0.05) is 39.3 Å². The second kappa shape index (κ2) is 6.66. The van der Waals surface area contributed by atoms with Crippen LogP contribution >= 0.6 is 0 Å². The van der Waals surface area contributed by atoms with Gasteiger partial charge in [0.15, 0.2) is 5.82 Å². The van der Waals surface area contributed by atoms with E-state index in [2.05, 4.69) is 39.1 Å². The summed E-state index contributed by atoms with van der Waals surface area (Å²) in [5.74, 6) is 1.00. The lowest BCUT2D eigenvalue weighted by atomic mass is 10.2. The van der Waals surface area contributed by atoms with Crippen LogP contribution in [0, 0.1) is 0 Å². The number of nitrogens with two attached hydrogens (primary N) is 1. The fraction of sp³-hybridized carbons (Fsp3) is 0.692. The molecule has 1 aliphatic heterocycles. The van der Waals surface area contributed by atoms with Gasteiger partial charge in [0.05, 0.1) is 5.69 Å². The molecule has 0 saturated carbocycles. The van der Waals surface area contributed by atoms with Crippen molar-refractivity contribution in [3.63, 3.8) is 0 Å². The van der Waals surface area contributed by atoms with E-state index < -0.39 is 0 Å². The Bertz CT molecular complexity index is 343. The lowest BCUT2D eigenvalue weighted by Crippen LogP contribution is -2.48. The minimum absolute atomic E-state index is 0.742. The largest absolute Gasteiger partial charge is 0.353 e. The monoisotopic (exact) mass is 249 g/mol. The van der Waals surface area contributed by atoms with E-state index in [0.29, 0.717) is 0 Å². The zero-order valence-corrected chi connectivity index (χ0v) is 11.2. The van der Waals surface area contributed by atoms with Crippen molar-refractivity contribution in [3.05, 3.63) is 17.8 Å². The zero-order valence-electron chi connectivity index (χ0n) is 11.2. The molecule has 2 rings (SSSR count). The maximum Gasteiger partial charge on any atom is 0.151 e. The highest BCUT2D eigenvalue weighted by Gasteiger charge is 2.17. The highest BCUT2D eigenvalue weighted by atomic mass is 15.3. The first-order valence-electron chi connectivity index (χ1n) is 6.83. The molecule has 0 atom stereocenters. The van der Waals surface area contributed by atoms with Crippen LogP contribution in [0.3, 0.4) is 0 Å². The van der Waals surface area contributed by atoms with Crippen LogP contribution in [0.15, 0.2) is 12.1 Å². The second-order valence-corrected chi connectivity index (χ2v) is 4.75. The quantitative estimate of drug-likeness (QED) is 0.824. The molecule has 1 aliphatic rings. The third kappa shape index (κ3) is 3.40. The first-order valence-corrected chi connectivity index (χ1v) is 6.83. The van der Waals surface area contributed by atoms with Crippen molar-refractivity contribution in [1.82, 2.24) is 15.1 Å². The van der Waals surface area contributed by atoms with Crippen LogP contribution in [-0.2, 0) is 6.42 Å².